The van der Waals surface area contributed by atoms with Gasteiger partial charge in [-0.05, 0) is 33.2 Å². The van der Waals surface area contributed by atoms with Gasteiger partial charge in [0.15, 0.2) is 0 Å². The van der Waals surface area contributed by atoms with E-state index in [-0.39, 0.29) is 0 Å². The van der Waals surface area contributed by atoms with E-state index in [9.17, 15) is 0 Å². The second-order valence-electron chi connectivity index (χ2n) is 3.87. The van der Waals surface area contributed by atoms with Crippen LogP contribution in [-0.4, -0.2) is 25.3 Å². The predicted octanol–water partition coefficient (Wildman–Crippen LogP) is 2.10. The molecule has 0 heterocycles. The lowest BCUT2D eigenvalue weighted by Gasteiger charge is -2.09. The van der Waals surface area contributed by atoms with Gasteiger partial charge in [0.1, 0.15) is 0 Å². The summed E-state index contributed by atoms with van der Waals surface area (Å²) < 4.78 is 0. The van der Waals surface area contributed by atoms with Crippen molar-refractivity contribution in [1.29, 1.82) is 0 Å². The normalized spacial score (nSPS) is 15.3. The smallest absolute Gasteiger partial charge is 0.0594 e. The number of nitrogens with zero attached hydrogens (tertiary/aromatic N) is 1. The van der Waals surface area contributed by atoms with Crippen molar-refractivity contribution < 1.29 is 0 Å². The summed E-state index contributed by atoms with van der Waals surface area (Å²) in [5.41, 5.74) is 1.27. The van der Waals surface area contributed by atoms with Crippen LogP contribution >= 0.6 is 0 Å². The molecule has 0 saturated heterocycles. The summed E-state index contributed by atoms with van der Waals surface area (Å²) in [7, 11) is 1.96. The molecular weight excluding hydrogens is 148 g/mol. The molecule has 0 fully saturated rings. The molecule has 2 heteroatoms. The fourth-order valence-corrected chi connectivity index (χ4v) is 1.36. The fraction of sp³-hybridized carbons (Fsp3) is 0.900. The van der Waals surface area contributed by atoms with Gasteiger partial charge in [-0.2, -0.15) is 0 Å². The van der Waals surface area contributed by atoms with Gasteiger partial charge in [0, 0.05) is 12.3 Å². The van der Waals surface area contributed by atoms with Gasteiger partial charge >= 0.3 is 0 Å². The minimum atomic E-state index is 0.411. The Balaban J connectivity index is 3.80. The largest absolute Gasteiger partial charge is 0.318 e. The van der Waals surface area contributed by atoms with Crippen LogP contribution in [0.1, 0.15) is 34.1 Å². The lowest BCUT2D eigenvalue weighted by atomic mass is 10.1. The van der Waals surface area contributed by atoms with Crippen LogP contribution in [0, 0.1) is 5.92 Å². The third-order valence-electron chi connectivity index (χ3n) is 1.64. The van der Waals surface area contributed by atoms with Crippen molar-refractivity contribution in [1.82, 2.24) is 5.32 Å². The number of nitrogens with one attached hydrogen (secondary N) is 1. The Hall–Kier alpha value is -0.370. The van der Waals surface area contributed by atoms with Crippen molar-refractivity contribution in [3.8, 4) is 0 Å². The predicted molar refractivity (Wildman–Crippen MR) is 56.0 cm³/mol. The fourth-order valence-electron chi connectivity index (χ4n) is 1.36. The quantitative estimate of drug-likeness (QED) is 0.628. The zero-order chi connectivity index (χ0) is 9.56. The molecule has 0 spiro atoms. The standard InChI is InChI=1S/C10H22N2/c1-8(2)6-9(3)12-10(4)7-11-5/h8,10-11H,6-7H2,1-5H3. The molecule has 72 valence electrons. The van der Waals surface area contributed by atoms with E-state index < -0.39 is 0 Å². The maximum Gasteiger partial charge on any atom is 0.0594 e. The first-order chi connectivity index (χ1) is 5.56. The number of rotatable bonds is 5. The van der Waals surface area contributed by atoms with Crippen LogP contribution in [0.3, 0.4) is 0 Å². The van der Waals surface area contributed by atoms with Crippen molar-refractivity contribution in [2.75, 3.05) is 13.6 Å². The van der Waals surface area contributed by atoms with Crippen LogP contribution < -0.4 is 5.32 Å². The van der Waals surface area contributed by atoms with E-state index in [0.29, 0.717) is 6.04 Å². The first-order valence-corrected chi connectivity index (χ1v) is 4.74. The van der Waals surface area contributed by atoms with Gasteiger partial charge in [0.05, 0.1) is 6.04 Å². The lowest BCUT2D eigenvalue weighted by molar-refractivity contribution is 0.647. The molecule has 1 atom stereocenters. The van der Waals surface area contributed by atoms with Gasteiger partial charge in [-0.1, -0.05) is 13.8 Å². The van der Waals surface area contributed by atoms with E-state index in [0.717, 1.165) is 18.9 Å². The maximum atomic E-state index is 4.56. The van der Waals surface area contributed by atoms with Gasteiger partial charge in [0.25, 0.3) is 0 Å². The van der Waals surface area contributed by atoms with E-state index in [2.05, 4.69) is 38.0 Å². The highest BCUT2D eigenvalue weighted by Crippen LogP contribution is 2.02. The summed E-state index contributed by atoms with van der Waals surface area (Å²) in [6, 6.07) is 0.411. The van der Waals surface area contributed by atoms with E-state index in [4.69, 9.17) is 0 Å². The Labute approximate surface area is 76.5 Å². The van der Waals surface area contributed by atoms with Crippen molar-refractivity contribution in [2.24, 2.45) is 10.9 Å². The Morgan fingerprint density at radius 2 is 1.92 bits per heavy atom. The molecule has 0 aliphatic carbocycles. The van der Waals surface area contributed by atoms with Gasteiger partial charge in [-0.25, -0.2) is 0 Å². The molecule has 1 N–H and O–H groups in total. The van der Waals surface area contributed by atoms with E-state index >= 15 is 0 Å². The third kappa shape index (κ3) is 6.35. The Morgan fingerprint density at radius 1 is 1.33 bits per heavy atom. The molecule has 0 aromatic carbocycles. The number of likely N-dealkylation sites (N-methyl/N-ethyl adjacent to an activating group) is 1. The van der Waals surface area contributed by atoms with Gasteiger partial charge in [-0.3, -0.25) is 4.99 Å². The first-order valence-electron chi connectivity index (χ1n) is 4.74. The number of hydrogen-bond donors (Lipinski definition) is 1. The first kappa shape index (κ1) is 11.6. The van der Waals surface area contributed by atoms with Gasteiger partial charge in [-0.15, -0.1) is 0 Å². The summed E-state index contributed by atoms with van der Waals surface area (Å²) in [6.45, 7) is 9.67. The third-order valence-corrected chi connectivity index (χ3v) is 1.64. The summed E-state index contributed by atoms with van der Waals surface area (Å²) in [5, 5.41) is 3.12. The molecule has 0 radical (unpaired) electrons. The van der Waals surface area contributed by atoms with E-state index in [1.165, 1.54) is 5.71 Å². The lowest BCUT2D eigenvalue weighted by Crippen LogP contribution is -2.20. The minimum Gasteiger partial charge on any atom is -0.318 e. The average Bonchev–Trinajstić information content (AvgIpc) is 1.84. The van der Waals surface area contributed by atoms with Gasteiger partial charge in [0.2, 0.25) is 0 Å². The van der Waals surface area contributed by atoms with Crippen LogP contribution in [0.25, 0.3) is 0 Å². The van der Waals surface area contributed by atoms with Crippen LogP contribution in [0.2, 0.25) is 0 Å². The van der Waals surface area contributed by atoms with Crippen molar-refractivity contribution in [3.63, 3.8) is 0 Å². The van der Waals surface area contributed by atoms with Crippen LogP contribution in [-0.2, 0) is 0 Å². The molecule has 0 aliphatic heterocycles. The Kier molecular flexibility index (Phi) is 5.99. The summed E-state index contributed by atoms with van der Waals surface area (Å²) in [4.78, 5) is 4.56. The van der Waals surface area contributed by atoms with Gasteiger partial charge < -0.3 is 5.32 Å². The monoisotopic (exact) mass is 170 g/mol. The minimum absolute atomic E-state index is 0.411. The number of aliphatic imine (C=N–C) groups is 1. The molecular formula is C10H22N2. The molecule has 0 saturated carbocycles. The van der Waals surface area contributed by atoms with E-state index in [1.54, 1.807) is 0 Å². The van der Waals surface area contributed by atoms with Crippen LogP contribution in [0.5, 0.6) is 0 Å². The second kappa shape index (κ2) is 6.18. The molecule has 0 aromatic heterocycles. The second-order valence-corrected chi connectivity index (χ2v) is 3.87. The molecule has 2 nitrogen and oxygen atoms in total. The maximum absolute atomic E-state index is 4.56. The zero-order valence-corrected chi connectivity index (χ0v) is 9.02. The highest BCUT2D eigenvalue weighted by molar-refractivity contribution is 5.82. The molecule has 1 unspecified atom stereocenters. The average molecular weight is 170 g/mol. The molecule has 0 rings (SSSR count). The SMILES string of the molecule is CNCC(C)N=C(C)CC(C)C. The van der Waals surface area contributed by atoms with Crippen molar-refractivity contribution >= 4 is 5.71 Å². The topological polar surface area (TPSA) is 24.4 Å². The van der Waals surface area contributed by atoms with E-state index in [1.807, 2.05) is 7.05 Å². The van der Waals surface area contributed by atoms with Crippen LogP contribution in [0.4, 0.5) is 0 Å². The highest BCUT2D eigenvalue weighted by atomic mass is 14.9. The summed E-state index contributed by atoms with van der Waals surface area (Å²) >= 11 is 0. The Morgan fingerprint density at radius 3 is 2.33 bits per heavy atom. The molecule has 12 heavy (non-hydrogen) atoms. The highest BCUT2D eigenvalue weighted by Gasteiger charge is 2.00. The molecule has 0 amide bonds. The summed E-state index contributed by atoms with van der Waals surface area (Å²) in [5.74, 6) is 0.718. The number of hydrogen-bond acceptors (Lipinski definition) is 2. The molecule has 0 aromatic rings. The van der Waals surface area contributed by atoms with Crippen LogP contribution in [0.15, 0.2) is 4.99 Å². The summed E-state index contributed by atoms with van der Waals surface area (Å²) in [6.07, 6.45) is 1.12. The molecule has 0 aliphatic rings. The van der Waals surface area contributed by atoms with Crippen molar-refractivity contribution in [2.45, 2.75) is 40.2 Å². The Bertz CT molecular complexity index is 139. The zero-order valence-electron chi connectivity index (χ0n) is 9.02. The van der Waals surface area contributed by atoms with Crippen molar-refractivity contribution in [3.05, 3.63) is 0 Å². The molecule has 0 bridgehead atoms.